The molecule has 1 aliphatic carbocycles. The summed E-state index contributed by atoms with van der Waals surface area (Å²) in [7, 11) is 0. The van der Waals surface area contributed by atoms with Crippen LogP contribution in [0, 0.1) is 5.92 Å². The molecule has 0 aromatic heterocycles. The van der Waals surface area contributed by atoms with Crippen molar-refractivity contribution in [3.8, 4) is 5.75 Å². The Morgan fingerprint density at radius 1 is 0.931 bits per heavy atom. The number of carboxylic acid groups (broad SMARTS) is 1. The van der Waals surface area contributed by atoms with Gasteiger partial charge in [-0.2, -0.15) is 0 Å². The largest absolute Gasteiger partial charge is 0.465 e. The van der Waals surface area contributed by atoms with E-state index in [-0.39, 0.29) is 11.3 Å². The van der Waals surface area contributed by atoms with Crippen molar-refractivity contribution in [2.75, 3.05) is 0 Å². The lowest BCUT2D eigenvalue weighted by molar-refractivity contribution is -0.137. The van der Waals surface area contributed by atoms with Crippen LogP contribution in [0.4, 0.5) is 4.79 Å². The molecular formula is C24H29NO4. The quantitative estimate of drug-likeness (QED) is 0.525. The number of carbonyl (C=O) groups excluding carboxylic acids is 1. The Hall–Kier alpha value is -2.82. The summed E-state index contributed by atoms with van der Waals surface area (Å²) < 4.78 is 5.45. The zero-order chi connectivity index (χ0) is 20.9. The van der Waals surface area contributed by atoms with Crippen molar-refractivity contribution >= 4 is 12.1 Å². The van der Waals surface area contributed by atoms with E-state index < -0.39 is 18.1 Å². The van der Waals surface area contributed by atoms with Gasteiger partial charge in [0.15, 0.2) is 0 Å². The Morgan fingerprint density at radius 3 is 2.07 bits per heavy atom. The molecular weight excluding hydrogens is 366 g/mol. The Labute approximate surface area is 172 Å². The molecule has 1 unspecified atom stereocenters. The normalized spacial score (nSPS) is 16.8. The second-order valence-corrected chi connectivity index (χ2v) is 8.13. The predicted molar refractivity (Wildman–Crippen MR) is 112 cm³/mol. The minimum absolute atomic E-state index is 0.00657. The van der Waals surface area contributed by atoms with Crippen LogP contribution in [0.25, 0.3) is 0 Å². The molecule has 0 spiro atoms. The van der Waals surface area contributed by atoms with E-state index in [1.165, 1.54) is 30.4 Å². The predicted octanol–water partition coefficient (Wildman–Crippen LogP) is 5.13. The molecule has 2 N–H and O–H groups in total. The minimum atomic E-state index is -1.24. The van der Waals surface area contributed by atoms with Crippen LogP contribution in [-0.4, -0.2) is 23.2 Å². The van der Waals surface area contributed by atoms with Gasteiger partial charge in [0.25, 0.3) is 0 Å². The van der Waals surface area contributed by atoms with Gasteiger partial charge in [0, 0.05) is 5.41 Å². The summed E-state index contributed by atoms with van der Waals surface area (Å²) >= 11 is 0. The highest BCUT2D eigenvalue weighted by atomic mass is 16.5. The number of amides is 1. The van der Waals surface area contributed by atoms with Crippen molar-refractivity contribution in [1.29, 1.82) is 0 Å². The van der Waals surface area contributed by atoms with Gasteiger partial charge in [0.05, 0.1) is 0 Å². The topological polar surface area (TPSA) is 75.6 Å². The Morgan fingerprint density at radius 2 is 1.52 bits per heavy atom. The number of nitrogens with one attached hydrogen (secondary N) is 1. The lowest BCUT2D eigenvalue weighted by Crippen LogP contribution is -2.45. The molecule has 0 aliphatic heterocycles. The van der Waals surface area contributed by atoms with Crippen LogP contribution >= 0.6 is 0 Å². The van der Waals surface area contributed by atoms with Crippen LogP contribution in [-0.2, 0) is 10.2 Å². The van der Waals surface area contributed by atoms with Crippen LogP contribution in [0.3, 0.4) is 0 Å². The SMILES string of the molecule is CC(C)C(NC(=O)O)C(=O)Oc1ccc(C2(c3ccccc3)CCCCC2)cc1. The van der Waals surface area contributed by atoms with Crippen molar-refractivity contribution in [1.82, 2.24) is 5.32 Å². The number of hydrogen-bond donors (Lipinski definition) is 2. The molecule has 154 valence electrons. The molecule has 0 radical (unpaired) electrons. The van der Waals surface area contributed by atoms with Crippen LogP contribution < -0.4 is 10.1 Å². The number of benzene rings is 2. The third kappa shape index (κ3) is 4.78. The second-order valence-electron chi connectivity index (χ2n) is 8.13. The van der Waals surface area contributed by atoms with Gasteiger partial charge in [0.2, 0.25) is 0 Å². The van der Waals surface area contributed by atoms with E-state index >= 15 is 0 Å². The minimum Gasteiger partial charge on any atom is -0.465 e. The van der Waals surface area contributed by atoms with E-state index in [9.17, 15) is 9.59 Å². The molecule has 2 aromatic carbocycles. The van der Waals surface area contributed by atoms with Gasteiger partial charge in [-0.25, -0.2) is 9.59 Å². The molecule has 0 bridgehead atoms. The Balaban J connectivity index is 1.81. The lowest BCUT2D eigenvalue weighted by Gasteiger charge is -2.38. The highest BCUT2D eigenvalue weighted by Crippen LogP contribution is 2.45. The number of rotatable bonds is 6. The molecule has 29 heavy (non-hydrogen) atoms. The van der Waals surface area contributed by atoms with Gasteiger partial charge < -0.3 is 15.2 Å². The van der Waals surface area contributed by atoms with Crippen molar-refractivity contribution in [2.45, 2.75) is 57.4 Å². The maximum atomic E-state index is 12.4. The first kappa shape index (κ1) is 20.9. The number of esters is 1. The summed E-state index contributed by atoms with van der Waals surface area (Å²) in [5, 5.41) is 11.2. The van der Waals surface area contributed by atoms with Gasteiger partial charge in [-0.3, -0.25) is 0 Å². The van der Waals surface area contributed by atoms with Gasteiger partial charge in [-0.15, -0.1) is 0 Å². The van der Waals surface area contributed by atoms with E-state index in [2.05, 4.69) is 29.6 Å². The molecule has 5 nitrogen and oxygen atoms in total. The third-order valence-electron chi connectivity index (χ3n) is 5.86. The molecule has 3 rings (SSSR count). The Bertz CT molecular complexity index is 824. The average Bonchev–Trinajstić information content (AvgIpc) is 2.73. The molecule has 2 aromatic rings. The zero-order valence-corrected chi connectivity index (χ0v) is 17.1. The highest BCUT2D eigenvalue weighted by molar-refractivity contribution is 5.82. The third-order valence-corrected chi connectivity index (χ3v) is 5.86. The molecule has 0 heterocycles. The van der Waals surface area contributed by atoms with Gasteiger partial charge in [0.1, 0.15) is 11.8 Å². The molecule has 5 heteroatoms. The van der Waals surface area contributed by atoms with Crippen molar-refractivity contribution in [3.63, 3.8) is 0 Å². The monoisotopic (exact) mass is 395 g/mol. The Kier molecular flexibility index (Phi) is 6.57. The van der Waals surface area contributed by atoms with E-state index in [1.807, 2.05) is 30.3 Å². The smallest absolute Gasteiger partial charge is 0.405 e. The van der Waals surface area contributed by atoms with Crippen LogP contribution in [0.1, 0.15) is 57.1 Å². The molecule has 0 saturated heterocycles. The first-order valence-corrected chi connectivity index (χ1v) is 10.3. The number of ether oxygens (including phenoxy) is 1. The van der Waals surface area contributed by atoms with Crippen LogP contribution in [0.5, 0.6) is 5.75 Å². The van der Waals surface area contributed by atoms with Gasteiger partial charge in [-0.1, -0.05) is 75.6 Å². The number of hydrogen-bond acceptors (Lipinski definition) is 3. The summed E-state index contributed by atoms with van der Waals surface area (Å²) in [4.78, 5) is 23.4. The highest BCUT2D eigenvalue weighted by Gasteiger charge is 2.35. The molecule has 1 fully saturated rings. The summed E-state index contributed by atoms with van der Waals surface area (Å²) in [6, 6.07) is 17.4. The summed E-state index contributed by atoms with van der Waals surface area (Å²) in [5.41, 5.74) is 2.55. The summed E-state index contributed by atoms with van der Waals surface area (Å²) in [5.74, 6) is -0.373. The lowest BCUT2D eigenvalue weighted by atomic mass is 9.65. The van der Waals surface area contributed by atoms with Gasteiger partial charge in [-0.05, 0) is 42.0 Å². The first-order chi connectivity index (χ1) is 13.9. The maximum Gasteiger partial charge on any atom is 0.405 e. The molecule has 1 atom stereocenters. The molecule has 1 saturated carbocycles. The fourth-order valence-corrected chi connectivity index (χ4v) is 4.31. The van der Waals surface area contributed by atoms with Crippen molar-refractivity contribution < 1.29 is 19.4 Å². The van der Waals surface area contributed by atoms with E-state index in [4.69, 9.17) is 9.84 Å². The first-order valence-electron chi connectivity index (χ1n) is 10.3. The second kappa shape index (κ2) is 9.12. The van der Waals surface area contributed by atoms with Crippen LogP contribution in [0.15, 0.2) is 54.6 Å². The van der Waals surface area contributed by atoms with Crippen molar-refractivity contribution in [3.05, 3.63) is 65.7 Å². The summed E-state index contributed by atoms with van der Waals surface area (Å²) in [6.45, 7) is 3.55. The summed E-state index contributed by atoms with van der Waals surface area (Å²) in [6.07, 6.45) is 4.63. The standard InChI is InChI=1S/C24H29NO4/c1-17(2)21(25-23(27)28)22(26)29-20-13-11-19(12-14-20)24(15-7-4-8-16-24)18-9-5-3-6-10-18/h3,5-6,9-14,17,21,25H,4,7-8,15-16H2,1-2H3,(H,27,28). The fraction of sp³-hybridized carbons (Fsp3) is 0.417. The van der Waals surface area contributed by atoms with E-state index in [0.717, 1.165) is 12.8 Å². The fourth-order valence-electron chi connectivity index (χ4n) is 4.31. The zero-order valence-electron chi connectivity index (χ0n) is 17.1. The van der Waals surface area contributed by atoms with E-state index in [1.54, 1.807) is 13.8 Å². The maximum absolute atomic E-state index is 12.4. The van der Waals surface area contributed by atoms with Gasteiger partial charge >= 0.3 is 12.1 Å². The van der Waals surface area contributed by atoms with Crippen LogP contribution in [0.2, 0.25) is 0 Å². The molecule has 1 aliphatic rings. The van der Waals surface area contributed by atoms with E-state index in [0.29, 0.717) is 5.75 Å². The van der Waals surface area contributed by atoms with Crippen molar-refractivity contribution in [2.24, 2.45) is 5.92 Å². The molecule has 1 amide bonds. The average molecular weight is 395 g/mol. The number of carbonyl (C=O) groups is 2.